The topological polar surface area (TPSA) is 126 Å². The molecular formula is C14H12N4O3S. The molecule has 0 atom stereocenters. The molecule has 0 bridgehead atoms. The fraction of sp³-hybridized carbons (Fsp3) is 0.0714. The maximum atomic E-state index is 11.8. The van der Waals surface area contributed by atoms with E-state index in [1.54, 1.807) is 0 Å². The molecule has 112 valence electrons. The van der Waals surface area contributed by atoms with E-state index in [-0.39, 0.29) is 10.5 Å². The Kier molecular flexibility index (Phi) is 4.57. The van der Waals surface area contributed by atoms with E-state index in [1.807, 2.05) is 30.3 Å². The first-order chi connectivity index (χ1) is 10.4. The zero-order chi connectivity index (χ0) is 16.2. The first-order valence-electron chi connectivity index (χ1n) is 6.21. The summed E-state index contributed by atoms with van der Waals surface area (Å²) in [6, 6.07) is 13.0. The Morgan fingerprint density at radius 2 is 1.86 bits per heavy atom. The molecule has 0 unspecified atom stereocenters. The molecule has 2 aromatic rings. The number of benzene rings is 2. The molecule has 0 spiro atoms. The molecule has 0 radical (unpaired) electrons. The molecule has 7 nitrogen and oxygen atoms in total. The second kappa shape index (κ2) is 6.40. The minimum absolute atomic E-state index is 0.101. The number of azide groups is 1. The maximum Gasteiger partial charge on any atom is 0.249 e. The van der Waals surface area contributed by atoms with Gasteiger partial charge < -0.3 is 0 Å². The van der Waals surface area contributed by atoms with Crippen LogP contribution in [0.25, 0.3) is 10.4 Å². The smallest absolute Gasteiger partial charge is 0.249 e. The van der Waals surface area contributed by atoms with Gasteiger partial charge in [0.2, 0.25) is 15.9 Å². The van der Waals surface area contributed by atoms with Gasteiger partial charge in [-0.05, 0) is 46.4 Å². The molecule has 0 aliphatic heterocycles. The van der Waals surface area contributed by atoms with Gasteiger partial charge >= 0.3 is 0 Å². The summed E-state index contributed by atoms with van der Waals surface area (Å²) in [6.07, 6.45) is 0.312. The zero-order valence-corrected chi connectivity index (χ0v) is 12.2. The van der Waals surface area contributed by atoms with E-state index in [2.05, 4.69) is 10.0 Å². The molecule has 0 aromatic heterocycles. The fourth-order valence-electron chi connectivity index (χ4n) is 2.01. The van der Waals surface area contributed by atoms with Gasteiger partial charge in [0.25, 0.3) is 0 Å². The van der Waals surface area contributed by atoms with Crippen molar-refractivity contribution in [2.24, 2.45) is 10.3 Å². The third-order valence-electron chi connectivity index (χ3n) is 3.01. The number of rotatable bonds is 4. The normalized spacial score (nSPS) is 10.8. The lowest BCUT2D eigenvalue weighted by molar-refractivity contribution is 0.0999. The number of primary sulfonamides is 1. The molecule has 0 aliphatic rings. The predicted molar refractivity (Wildman–Crippen MR) is 80.5 cm³/mol. The second-order valence-electron chi connectivity index (χ2n) is 4.52. The SMILES string of the molecule is [N-]=[N+]=NC(=O)c1ccc(S(N)(=O)=O)cc1Cc1ccccc1. The van der Waals surface area contributed by atoms with Crippen LogP contribution in [-0.4, -0.2) is 14.3 Å². The van der Waals surface area contributed by atoms with Crippen LogP contribution in [0.5, 0.6) is 0 Å². The Bertz CT molecular complexity index is 857. The van der Waals surface area contributed by atoms with Gasteiger partial charge in [0, 0.05) is 10.5 Å². The Balaban J connectivity index is 2.55. The van der Waals surface area contributed by atoms with Gasteiger partial charge in [0.1, 0.15) is 0 Å². The van der Waals surface area contributed by atoms with Gasteiger partial charge in [-0.1, -0.05) is 30.3 Å². The van der Waals surface area contributed by atoms with Crippen molar-refractivity contribution < 1.29 is 13.2 Å². The number of carbonyl (C=O) groups excluding carboxylic acids is 1. The second-order valence-corrected chi connectivity index (χ2v) is 6.08. The molecule has 22 heavy (non-hydrogen) atoms. The zero-order valence-electron chi connectivity index (χ0n) is 11.4. The summed E-state index contributed by atoms with van der Waals surface area (Å²) in [5.74, 6) is -0.769. The van der Waals surface area contributed by atoms with Gasteiger partial charge in [0.05, 0.1) is 4.90 Å². The Hall–Kier alpha value is -2.67. The standard InChI is InChI=1S/C14H12N4O3S/c15-18-17-14(19)13-7-6-12(22(16,20)21)9-11(13)8-10-4-2-1-3-5-10/h1-7,9H,8H2,(H2,16,20,21). The van der Waals surface area contributed by atoms with Gasteiger partial charge in [-0.3, -0.25) is 4.79 Å². The third kappa shape index (κ3) is 3.70. The Labute approximate surface area is 127 Å². The monoisotopic (exact) mass is 316 g/mol. The van der Waals surface area contributed by atoms with Crippen LogP contribution >= 0.6 is 0 Å². The quantitative estimate of drug-likeness (QED) is 0.528. The number of nitrogens with zero attached hydrogens (tertiary/aromatic N) is 3. The van der Waals surface area contributed by atoms with Crippen LogP contribution in [0.1, 0.15) is 21.5 Å². The first kappa shape index (κ1) is 15.7. The lowest BCUT2D eigenvalue weighted by atomic mass is 9.99. The van der Waals surface area contributed by atoms with Crippen molar-refractivity contribution in [1.82, 2.24) is 0 Å². The van der Waals surface area contributed by atoms with Crippen molar-refractivity contribution >= 4 is 15.9 Å². The number of nitrogens with two attached hydrogens (primary N) is 1. The van der Waals surface area contributed by atoms with Crippen LogP contribution in [0.4, 0.5) is 0 Å². The predicted octanol–water partition coefficient (Wildman–Crippen LogP) is 2.38. The van der Waals surface area contributed by atoms with Gasteiger partial charge in [0.15, 0.2) is 0 Å². The van der Waals surface area contributed by atoms with Crippen molar-refractivity contribution in [3.8, 4) is 0 Å². The van der Waals surface area contributed by atoms with Crippen LogP contribution in [-0.2, 0) is 16.4 Å². The lowest BCUT2D eigenvalue weighted by Gasteiger charge is -2.09. The van der Waals surface area contributed by atoms with Crippen molar-refractivity contribution in [3.05, 3.63) is 75.7 Å². The van der Waals surface area contributed by atoms with Crippen molar-refractivity contribution in [2.75, 3.05) is 0 Å². The molecule has 0 heterocycles. The molecule has 2 N–H and O–H groups in total. The van der Waals surface area contributed by atoms with E-state index >= 15 is 0 Å². The highest BCUT2D eigenvalue weighted by Crippen LogP contribution is 2.20. The maximum absolute atomic E-state index is 11.8. The van der Waals surface area contributed by atoms with Crippen LogP contribution in [0.3, 0.4) is 0 Å². The summed E-state index contributed by atoms with van der Waals surface area (Å²) in [4.78, 5) is 14.2. The third-order valence-corrected chi connectivity index (χ3v) is 3.92. The van der Waals surface area contributed by atoms with E-state index in [1.165, 1.54) is 18.2 Å². The van der Waals surface area contributed by atoms with Gasteiger partial charge in [-0.15, -0.1) is 0 Å². The molecule has 0 aliphatic carbocycles. The summed E-state index contributed by atoms with van der Waals surface area (Å²) in [6.45, 7) is 0. The van der Waals surface area contributed by atoms with E-state index in [4.69, 9.17) is 10.7 Å². The first-order valence-corrected chi connectivity index (χ1v) is 7.75. The molecule has 2 aromatic carbocycles. The van der Waals surface area contributed by atoms with Crippen molar-refractivity contribution in [1.29, 1.82) is 0 Å². The average Bonchev–Trinajstić information content (AvgIpc) is 2.47. The molecule has 0 saturated heterocycles. The van der Waals surface area contributed by atoms with Crippen LogP contribution in [0, 0.1) is 0 Å². The highest BCUT2D eigenvalue weighted by Gasteiger charge is 2.15. The summed E-state index contributed by atoms with van der Waals surface area (Å²) in [5, 5.41) is 8.16. The van der Waals surface area contributed by atoms with Crippen molar-refractivity contribution in [3.63, 3.8) is 0 Å². The molecule has 2 rings (SSSR count). The van der Waals surface area contributed by atoms with Crippen LogP contribution in [0.15, 0.2) is 58.5 Å². The molecule has 0 saturated carbocycles. The van der Waals surface area contributed by atoms with E-state index in [0.29, 0.717) is 12.0 Å². The lowest BCUT2D eigenvalue weighted by Crippen LogP contribution is -2.13. The average molecular weight is 316 g/mol. The van der Waals surface area contributed by atoms with Crippen molar-refractivity contribution in [2.45, 2.75) is 11.3 Å². The number of hydrogen-bond donors (Lipinski definition) is 1. The van der Waals surface area contributed by atoms with E-state index < -0.39 is 15.9 Å². The molecule has 8 heteroatoms. The van der Waals surface area contributed by atoms with E-state index in [0.717, 1.165) is 5.56 Å². The summed E-state index contributed by atoms with van der Waals surface area (Å²) in [7, 11) is -3.89. The fourth-order valence-corrected chi connectivity index (χ4v) is 2.58. The Morgan fingerprint density at radius 3 is 2.45 bits per heavy atom. The number of hydrogen-bond acceptors (Lipinski definition) is 3. The molecular weight excluding hydrogens is 304 g/mol. The Morgan fingerprint density at radius 1 is 1.18 bits per heavy atom. The van der Waals surface area contributed by atoms with Gasteiger partial charge in [-0.25, -0.2) is 13.6 Å². The molecule has 1 amide bonds. The minimum Gasteiger partial charge on any atom is -0.287 e. The highest BCUT2D eigenvalue weighted by molar-refractivity contribution is 7.89. The van der Waals surface area contributed by atoms with E-state index in [9.17, 15) is 13.2 Å². The highest BCUT2D eigenvalue weighted by atomic mass is 32.2. The number of carbonyl (C=O) groups is 1. The number of sulfonamides is 1. The van der Waals surface area contributed by atoms with Crippen LogP contribution < -0.4 is 5.14 Å². The molecule has 0 fully saturated rings. The van der Waals surface area contributed by atoms with Gasteiger partial charge in [-0.2, -0.15) is 0 Å². The summed E-state index contributed by atoms with van der Waals surface area (Å²) >= 11 is 0. The number of amides is 1. The summed E-state index contributed by atoms with van der Waals surface area (Å²) < 4.78 is 22.9. The largest absolute Gasteiger partial charge is 0.287 e. The van der Waals surface area contributed by atoms with Crippen LogP contribution in [0.2, 0.25) is 0 Å². The minimum atomic E-state index is -3.89. The summed E-state index contributed by atoms with van der Waals surface area (Å²) in [5.41, 5.74) is 9.84.